The van der Waals surface area contributed by atoms with Crippen molar-refractivity contribution in [2.75, 3.05) is 4.90 Å². The molecule has 1 aliphatic rings. The molecule has 2 N–H and O–H groups in total. The van der Waals surface area contributed by atoms with Crippen molar-refractivity contribution in [3.05, 3.63) is 71.9 Å². The van der Waals surface area contributed by atoms with Crippen LogP contribution in [-0.4, -0.2) is 0 Å². The Morgan fingerprint density at radius 1 is 0.882 bits per heavy atom. The van der Waals surface area contributed by atoms with Gasteiger partial charge in [0.1, 0.15) is 6.17 Å². The first-order valence-electron chi connectivity index (χ1n) is 5.72. The van der Waals surface area contributed by atoms with Crippen LogP contribution >= 0.6 is 0 Å². The van der Waals surface area contributed by atoms with Crippen molar-refractivity contribution in [2.45, 2.75) is 6.17 Å². The average Bonchev–Trinajstić information content (AvgIpc) is 2.40. The number of rotatable bonds is 1. The molecular weight excluding hydrogens is 208 g/mol. The van der Waals surface area contributed by atoms with E-state index in [-0.39, 0.29) is 6.17 Å². The zero-order valence-electron chi connectivity index (χ0n) is 9.45. The average molecular weight is 222 g/mol. The number of hydrogen-bond acceptors (Lipinski definition) is 2. The highest BCUT2D eigenvalue weighted by Crippen LogP contribution is 2.30. The summed E-state index contributed by atoms with van der Waals surface area (Å²) in [5, 5.41) is 0. The minimum atomic E-state index is -0.112. The van der Waals surface area contributed by atoms with E-state index in [0.29, 0.717) is 0 Å². The van der Waals surface area contributed by atoms with Crippen molar-refractivity contribution in [2.24, 2.45) is 5.73 Å². The minimum Gasteiger partial charge on any atom is -0.328 e. The van der Waals surface area contributed by atoms with E-state index in [1.807, 2.05) is 36.5 Å². The molecule has 0 spiro atoms. The van der Waals surface area contributed by atoms with Crippen molar-refractivity contribution >= 4 is 11.8 Å². The number of fused-ring (bicyclic) bond motifs is 1. The highest BCUT2D eigenvalue weighted by atomic mass is 15.2. The lowest BCUT2D eigenvalue weighted by molar-refractivity contribution is 0.722. The van der Waals surface area contributed by atoms with Crippen LogP contribution in [0.4, 0.5) is 5.69 Å². The molecule has 2 aromatic carbocycles. The van der Waals surface area contributed by atoms with Gasteiger partial charge in [-0.15, -0.1) is 0 Å². The van der Waals surface area contributed by atoms with Gasteiger partial charge in [0.15, 0.2) is 0 Å². The second-order valence-corrected chi connectivity index (χ2v) is 4.13. The first-order chi connectivity index (χ1) is 8.36. The van der Waals surface area contributed by atoms with Crippen LogP contribution in [0.1, 0.15) is 17.3 Å². The molecule has 0 aliphatic carbocycles. The smallest absolute Gasteiger partial charge is 0.108 e. The molecule has 0 aromatic heterocycles. The minimum absolute atomic E-state index is 0.112. The fraction of sp³-hybridized carbons (Fsp3) is 0.0667. The molecular formula is C15H14N2. The maximum Gasteiger partial charge on any atom is 0.108 e. The van der Waals surface area contributed by atoms with E-state index < -0.39 is 0 Å². The van der Waals surface area contributed by atoms with E-state index in [4.69, 9.17) is 5.73 Å². The Kier molecular flexibility index (Phi) is 2.42. The number of anilines is 1. The predicted octanol–water partition coefficient (Wildman–Crippen LogP) is 3.13. The zero-order valence-corrected chi connectivity index (χ0v) is 9.45. The van der Waals surface area contributed by atoms with Crippen molar-refractivity contribution in [3.8, 4) is 0 Å². The Morgan fingerprint density at radius 2 is 1.59 bits per heavy atom. The number of benzene rings is 2. The highest BCUT2D eigenvalue weighted by molar-refractivity contribution is 5.65. The van der Waals surface area contributed by atoms with Gasteiger partial charge in [-0.25, -0.2) is 0 Å². The summed E-state index contributed by atoms with van der Waals surface area (Å²) in [7, 11) is 0. The maximum absolute atomic E-state index is 6.30. The highest BCUT2D eigenvalue weighted by Gasteiger charge is 2.19. The van der Waals surface area contributed by atoms with E-state index in [9.17, 15) is 0 Å². The summed E-state index contributed by atoms with van der Waals surface area (Å²) in [6.07, 6.45) is 4.03. The van der Waals surface area contributed by atoms with Gasteiger partial charge in [0.25, 0.3) is 0 Å². The molecule has 1 aliphatic heterocycles. The number of para-hydroxylation sites is 1. The Balaban J connectivity index is 2.03. The summed E-state index contributed by atoms with van der Waals surface area (Å²) in [5.41, 5.74) is 9.78. The number of hydrogen-bond donors (Lipinski definition) is 1. The molecule has 0 bridgehead atoms. The Hall–Kier alpha value is -2.06. The monoisotopic (exact) mass is 222 g/mol. The van der Waals surface area contributed by atoms with E-state index in [1.54, 1.807) is 0 Å². The van der Waals surface area contributed by atoms with Crippen molar-refractivity contribution < 1.29 is 0 Å². The second-order valence-electron chi connectivity index (χ2n) is 4.13. The molecule has 17 heavy (non-hydrogen) atoms. The summed E-state index contributed by atoms with van der Waals surface area (Å²) >= 11 is 0. The Labute approximate surface area is 101 Å². The van der Waals surface area contributed by atoms with Gasteiger partial charge in [-0.1, -0.05) is 42.5 Å². The quantitative estimate of drug-likeness (QED) is 0.803. The van der Waals surface area contributed by atoms with Crippen LogP contribution in [-0.2, 0) is 0 Å². The lowest BCUT2D eigenvalue weighted by atomic mass is 10.0. The van der Waals surface area contributed by atoms with Crippen LogP contribution in [0.2, 0.25) is 0 Å². The van der Waals surface area contributed by atoms with Crippen molar-refractivity contribution in [3.63, 3.8) is 0 Å². The molecule has 1 atom stereocenters. The van der Waals surface area contributed by atoms with E-state index in [0.717, 1.165) is 5.69 Å². The first-order valence-corrected chi connectivity index (χ1v) is 5.72. The normalized spacial score (nSPS) is 17.9. The molecule has 1 heterocycles. The van der Waals surface area contributed by atoms with Gasteiger partial charge in [0.2, 0.25) is 0 Å². The molecule has 2 nitrogen and oxygen atoms in total. The number of nitrogens with two attached hydrogens (primary N) is 1. The topological polar surface area (TPSA) is 29.3 Å². The lowest BCUT2D eigenvalue weighted by Crippen LogP contribution is -2.32. The molecule has 0 amide bonds. The van der Waals surface area contributed by atoms with Crippen LogP contribution in [0.3, 0.4) is 0 Å². The fourth-order valence-corrected chi connectivity index (χ4v) is 2.18. The third-order valence-electron chi connectivity index (χ3n) is 3.08. The summed E-state index contributed by atoms with van der Waals surface area (Å²) in [5.74, 6) is 0. The van der Waals surface area contributed by atoms with Gasteiger partial charge in [-0.05, 0) is 29.3 Å². The first kappa shape index (κ1) is 10.1. The van der Waals surface area contributed by atoms with Crippen molar-refractivity contribution in [1.82, 2.24) is 0 Å². The maximum atomic E-state index is 6.30. The molecule has 3 rings (SSSR count). The van der Waals surface area contributed by atoms with E-state index in [2.05, 4.69) is 35.2 Å². The van der Waals surface area contributed by atoms with Crippen LogP contribution in [0.15, 0.2) is 60.8 Å². The van der Waals surface area contributed by atoms with Gasteiger partial charge >= 0.3 is 0 Å². The van der Waals surface area contributed by atoms with Gasteiger partial charge < -0.3 is 10.6 Å². The molecule has 84 valence electrons. The lowest BCUT2D eigenvalue weighted by Gasteiger charge is -2.32. The summed E-state index contributed by atoms with van der Waals surface area (Å²) < 4.78 is 0. The Bertz CT molecular complexity index is 546. The van der Waals surface area contributed by atoms with Gasteiger partial charge in [0, 0.05) is 11.9 Å². The molecule has 0 saturated heterocycles. The van der Waals surface area contributed by atoms with Crippen LogP contribution in [0.25, 0.3) is 6.08 Å². The molecule has 0 fully saturated rings. The molecule has 1 unspecified atom stereocenters. The number of nitrogens with zero attached hydrogens (tertiary/aromatic N) is 1. The van der Waals surface area contributed by atoms with E-state index >= 15 is 0 Å². The third-order valence-corrected chi connectivity index (χ3v) is 3.08. The SMILES string of the molecule is NC1c2ccccc2C=CN1c1ccccc1. The van der Waals surface area contributed by atoms with Gasteiger partial charge in [-0.3, -0.25) is 0 Å². The summed E-state index contributed by atoms with van der Waals surface area (Å²) in [4.78, 5) is 2.09. The largest absolute Gasteiger partial charge is 0.328 e. The molecule has 2 heteroatoms. The van der Waals surface area contributed by atoms with Crippen LogP contribution in [0.5, 0.6) is 0 Å². The zero-order chi connectivity index (χ0) is 11.7. The fourth-order valence-electron chi connectivity index (χ4n) is 2.18. The van der Waals surface area contributed by atoms with Gasteiger partial charge in [-0.2, -0.15) is 0 Å². The predicted molar refractivity (Wildman–Crippen MR) is 71.3 cm³/mol. The van der Waals surface area contributed by atoms with Crippen molar-refractivity contribution in [1.29, 1.82) is 0 Å². The van der Waals surface area contributed by atoms with Gasteiger partial charge in [0.05, 0.1) is 0 Å². The Morgan fingerprint density at radius 3 is 2.41 bits per heavy atom. The standard InChI is InChI=1S/C15H14N2/c16-15-14-9-5-4-6-12(14)10-11-17(15)13-7-2-1-3-8-13/h1-11,15H,16H2. The van der Waals surface area contributed by atoms with E-state index in [1.165, 1.54) is 11.1 Å². The molecule has 2 aromatic rings. The summed E-state index contributed by atoms with van der Waals surface area (Å²) in [6.45, 7) is 0. The van der Waals surface area contributed by atoms with Crippen LogP contribution in [0, 0.1) is 0 Å². The molecule has 0 radical (unpaired) electrons. The van der Waals surface area contributed by atoms with Crippen LogP contribution < -0.4 is 10.6 Å². The third kappa shape index (κ3) is 1.73. The second kappa shape index (κ2) is 4.07. The molecule has 0 saturated carbocycles. The summed E-state index contributed by atoms with van der Waals surface area (Å²) in [6, 6.07) is 18.4.